The van der Waals surface area contributed by atoms with Gasteiger partial charge < -0.3 is 11.1 Å². The highest BCUT2D eigenvalue weighted by molar-refractivity contribution is 7.18. The van der Waals surface area contributed by atoms with E-state index in [1.165, 1.54) is 11.8 Å². The molecule has 0 aliphatic rings. The number of nitrogens with one attached hydrogen (secondary N) is 1. The Labute approximate surface area is 195 Å². The molecule has 5 rings (SSSR count). The molecule has 0 radical (unpaired) electrons. The fourth-order valence-electron chi connectivity index (χ4n) is 3.75. The number of hydrogen-bond donors (Lipinski definition) is 2. The second-order valence-corrected chi connectivity index (χ2v) is 8.65. The average Bonchev–Trinajstić information content (AvgIpc) is 3.28. The molecule has 5 aromatic rings. The molecule has 164 valence electrons. The van der Waals surface area contributed by atoms with E-state index in [1.54, 1.807) is 23.6 Å². The van der Waals surface area contributed by atoms with Crippen molar-refractivity contribution in [1.82, 2.24) is 15.0 Å². The molecule has 3 aromatic heterocycles. The molecular formula is C26H22FN5S. The van der Waals surface area contributed by atoms with Gasteiger partial charge in [-0.3, -0.25) is 4.98 Å². The highest BCUT2D eigenvalue weighted by Gasteiger charge is 2.18. The molecule has 33 heavy (non-hydrogen) atoms. The second-order valence-electron chi connectivity index (χ2n) is 7.78. The normalized spacial score (nSPS) is 12.1. The van der Waals surface area contributed by atoms with Gasteiger partial charge in [0.15, 0.2) is 11.6 Å². The third-order valence-electron chi connectivity index (χ3n) is 5.39. The van der Waals surface area contributed by atoms with Crippen molar-refractivity contribution >= 4 is 27.4 Å². The van der Waals surface area contributed by atoms with Gasteiger partial charge in [-0.2, -0.15) is 0 Å². The van der Waals surface area contributed by atoms with Gasteiger partial charge in [-0.25, -0.2) is 14.4 Å². The van der Waals surface area contributed by atoms with Crippen molar-refractivity contribution in [1.29, 1.82) is 0 Å². The Hall–Kier alpha value is -3.68. The molecule has 3 N–H and O–H groups in total. The maximum absolute atomic E-state index is 14.5. The van der Waals surface area contributed by atoms with E-state index < -0.39 is 5.82 Å². The van der Waals surface area contributed by atoms with Crippen LogP contribution < -0.4 is 11.1 Å². The first-order chi connectivity index (χ1) is 16.2. The largest absolute Gasteiger partial charge is 0.367 e. The van der Waals surface area contributed by atoms with Gasteiger partial charge in [0.1, 0.15) is 5.82 Å². The third kappa shape index (κ3) is 4.60. The summed E-state index contributed by atoms with van der Waals surface area (Å²) in [6.45, 7) is 0.526. The summed E-state index contributed by atoms with van der Waals surface area (Å²) in [5.41, 5.74) is 10.7. The van der Waals surface area contributed by atoms with Crippen LogP contribution in [0.1, 0.15) is 5.56 Å². The van der Waals surface area contributed by atoms with Crippen molar-refractivity contribution < 1.29 is 4.39 Å². The highest BCUT2D eigenvalue weighted by Crippen LogP contribution is 2.37. The number of pyridine rings is 1. The fourth-order valence-corrected chi connectivity index (χ4v) is 4.73. The number of halogens is 1. The fraction of sp³-hybridized carbons (Fsp3) is 0.115. The Balaban J connectivity index is 1.52. The van der Waals surface area contributed by atoms with Gasteiger partial charge in [-0.15, -0.1) is 11.3 Å². The summed E-state index contributed by atoms with van der Waals surface area (Å²) < 4.78 is 15.4. The standard InChI is InChI=1S/C26H22FN5S/c27-22-15-29-12-11-20(22)25-31-23-21(18-9-5-2-6-10-18)16-33-24(23)26(32-25)30-14-19(28)13-17-7-3-1-4-8-17/h1-12,15-16,19H,13-14,28H2,(H,30,31,32). The molecule has 3 heterocycles. The van der Waals surface area contributed by atoms with Crippen LogP contribution in [0.4, 0.5) is 10.2 Å². The lowest BCUT2D eigenvalue weighted by molar-refractivity contribution is 0.623. The van der Waals surface area contributed by atoms with Gasteiger partial charge in [-0.05, 0) is 23.6 Å². The Bertz CT molecular complexity index is 1370. The molecule has 0 amide bonds. The Morgan fingerprint density at radius 3 is 2.45 bits per heavy atom. The summed E-state index contributed by atoms with van der Waals surface area (Å²) in [7, 11) is 0. The van der Waals surface area contributed by atoms with Gasteiger partial charge in [-0.1, -0.05) is 60.7 Å². The lowest BCUT2D eigenvalue weighted by atomic mass is 10.1. The number of benzene rings is 2. The van der Waals surface area contributed by atoms with Crippen LogP contribution >= 0.6 is 11.3 Å². The zero-order valence-electron chi connectivity index (χ0n) is 17.8. The van der Waals surface area contributed by atoms with E-state index in [0.29, 0.717) is 23.8 Å². The summed E-state index contributed by atoms with van der Waals surface area (Å²) in [6.07, 6.45) is 3.46. The van der Waals surface area contributed by atoms with Crippen LogP contribution in [-0.4, -0.2) is 27.5 Å². The van der Waals surface area contributed by atoms with Gasteiger partial charge in [0.05, 0.1) is 22.0 Å². The lowest BCUT2D eigenvalue weighted by Crippen LogP contribution is -2.31. The van der Waals surface area contributed by atoms with Crippen molar-refractivity contribution in [2.45, 2.75) is 12.5 Å². The maximum Gasteiger partial charge on any atom is 0.165 e. The molecule has 0 fully saturated rings. The van der Waals surface area contributed by atoms with E-state index in [9.17, 15) is 4.39 Å². The molecule has 0 aliphatic carbocycles. The molecular weight excluding hydrogens is 433 g/mol. The van der Waals surface area contributed by atoms with Gasteiger partial charge in [0, 0.05) is 29.7 Å². The molecule has 0 saturated carbocycles. The van der Waals surface area contributed by atoms with Crippen LogP contribution in [0.2, 0.25) is 0 Å². The van der Waals surface area contributed by atoms with Crippen molar-refractivity contribution in [3.05, 3.63) is 95.9 Å². The van der Waals surface area contributed by atoms with Gasteiger partial charge >= 0.3 is 0 Å². The first-order valence-corrected chi connectivity index (χ1v) is 11.5. The Morgan fingerprint density at radius 1 is 0.939 bits per heavy atom. The second kappa shape index (κ2) is 9.44. The zero-order valence-corrected chi connectivity index (χ0v) is 18.6. The first kappa shape index (κ1) is 21.2. The van der Waals surface area contributed by atoms with E-state index >= 15 is 0 Å². The summed E-state index contributed by atoms with van der Waals surface area (Å²) in [5, 5.41) is 5.46. The monoisotopic (exact) mass is 455 g/mol. The number of anilines is 1. The number of hydrogen-bond acceptors (Lipinski definition) is 6. The Morgan fingerprint density at radius 2 is 1.70 bits per heavy atom. The number of fused-ring (bicyclic) bond motifs is 1. The summed E-state index contributed by atoms with van der Waals surface area (Å²) in [6, 6.07) is 21.7. The van der Waals surface area contributed by atoms with Crippen molar-refractivity contribution in [2.24, 2.45) is 5.73 Å². The lowest BCUT2D eigenvalue weighted by Gasteiger charge is -2.15. The Kier molecular flexibility index (Phi) is 6.06. The molecule has 0 aliphatic heterocycles. The first-order valence-electron chi connectivity index (χ1n) is 10.7. The van der Waals surface area contributed by atoms with Gasteiger partial charge in [0.2, 0.25) is 0 Å². The molecule has 0 saturated heterocycles. The summed E-state index contributed by atoms with van der Waals surface area (Å²) in [4.78, 5) is 13.3. The quantitative estimate of drug-likeness (QED) is 0.337. The number of aromatic nitrogens is 3. The number of nitrogens with zero attached hydrogens (tertiary/aromatic N) is 3. The summed E-state index contributed by atoms with van der Waals surface area (Å²) >= 11 is 1.56. The molecule has 2 aromatic carbocycles. The van der Waals surface area contributed by atoms with Crippen LogP contribution in [0.5, 0.6) is 0 Å². The van der Waals surface area contributed by atoms with E-state index in [2.05, 4.69) is 32.8 Å². The molecule has 1 unspecified atom stereocenters. The van der Waals surface area contributed by atoms with Gasteiger partial charge in [0.25, 0.3) is 0 Å². The van der Waals surface area contributed by atoms with Crippen molar-refractivity contribution in [3.63, 3.8) is 0 Å². The van der Waals surface area contributed by atoms with Crippen molar-refractivity contribution in [3.8, 4) is 22.5 Å². The van der Waals surface area contributed by atoms with Crippen LogP contribution in [0.15, 0.2) is 84.5 Å². The van der Waals surface area contributed by atoms with Crippen LogP contribution in [-0.2, 0) is 6.42 Å². The molecule has 1 atom stereocenters. The smallest absolute Gasteiger partial charge is 0.165 e. The van der Waals surface area contributed by atoms with Crippen molar-refractivity contribution in [2.75, 3.05) is 11.9 Å². The minimum absolute atomic E-state index is 0.105. The third-order valence-corrected chi connectivity index (χ3v) is 6.36. The molecule has 7 heteroatoms. The zero-order chi connectivity index (χ0) is 22.6. The predicted molar refractivity (Wildman–Crippen MR) is 133 cm³/mol. The highest BCUT2D eigenvalue weighted by atomic mass is 32.1. The molecule has 5 nitrogen and oxygen atoms in total. The number of nitrogens with two attached hydrogens (primary N) is 1. The van der Waals surface area contributed by atoms with E-state index in [0.717, 1.165) is 27.8 Å². The van der Waals surface area contributed by atoms with E-state index in [-0.39, 0.29) is 6.04 Å². The van der Waals surface area contributed by atoms with Crippen LogP contribution in [0.25, 0.3) is 32.7 Å². The summed E-state index contributed by atoms with van der Waals surface area (Å²) in [5.74, 6) is 0.513. The predicted octanol–water partition coefficient (Wildman–Crippen LogP) is 5.54. The van der Waals surface area contributed by atoms with Crippen LogP contribution in [0.3, 0.4) is 0 Å². The minimum Gasteiger partial charge on any atom is -0.367 e. The molecule has 0 spiro atoms. The van der Waals surface area contributed by atoms with E-state index in [1.807, 2.05) is 48.5 Å². The molecule has 0 bridgehead atoms. The number of rotatable bonds is 7. The average molecular weight is 456 g/mol. The van der Waals surface area contributed by atoms with Crippen LogP contribution in [0, 0.1) is 5.82 Å². The van der Waals surface area contributed by atoms with E-state index in [4.69, 9.17) is 10.7 Å². The number of thiophene rings is 1. The topological polar surface area (TPSA) is 76.7 Å². The SMILES string of the molecule is NC(CNc1nc(-c2ccncc2F)nc2c(-c3ccccc3)csc12)Cc1ccccc1. The minimum atomic E-state index is -0.458. The maximum atomic E-state index is 14.5.